The summed E-state index contributed by atoms with van der Waals surface area (Å²) < 4.78 is 9.06. The molecule has 1 aliphatic heterocycles. The van der Waals surface area contributed by atoms with Gasteiger partial charge in [0.05, 0.1) is 25.2 Å². The first kappa shape index (κ1) is 17.7. The quantitative estimate of drug-likeness (QED) is 0.768. The van der Waals surface area contributed by atoms with Crippen LogP contribution in [-0.4, -0.2) is 62.5 Å². The van der Waals surface area contributed by atoms with Crippen molar-refractivity contribution in [1.82, 2.24) is 24.5 Å². The van der Waals surface area contributed by atoms with Crippen LogP contribution in [0.1, 0.15) is 19.9 Å². The van der Waals surface area contributed by atoms with Gasteiger partial charge in [-0.25, -0.2) is 4.68 Å². The normalized spacial score (nSPS) is 15.0. The zero-order chi connectivity index (χ0) is 17.8. The minimum absolute atomic E-state index is 0.0941. The minimum Gasteiger partial charge on any atom is -0.378 e. The van der Waals surface area contributed by atoms with Crippen LogP contribution in [0.2, 0.25) is 0 Å². The van der Waals surface area contributed by atoms with Gasteiger partial charge in [-0.1, -0.05) is 11.8 Å². The first-order valence-corrected chi connectivity index (χ1v) is 9.23. The standard InChI is InChI=1S/C15H23N7O2S/c1-11(2)22-12(4-5-16-22)17-13(23)10-25-15-19-18-14(20(15)3)21-6-8-24-9-7-21/h4-5,11H,6-10H2,1-3H3,(H,17,23). The average molecular weight is 365 g/mol. The second-order valence-electron chi connectivity index (χ2n) is 6.03. The Bertz CT molecular complexity index is 721. The lowest BCUT2D eigenvalue weighted by molar-refractivity contribution is -0.113. The molecule has 0 spiro atoms. The molecule has 10 heteroatoms. The van der Waals surface area contributed by atoms with Gasteiger partial charge in [-0.2, -0.15) is 5.10 Å². The predicted molar refractivity (Wildman–Crippen MR) is 96.0 cm³/mol. The molecule has 1 aliphatic rings. The average Bonchev–Trinajstić information content (AvgIpc) is 3.20. The zero-order valence-corrected chi connectivity index (χ0v) is 15.5. The van der Waals surface area contributed by atoms with E-state index in [2.05, 4.69) is 25.5 Å². The number of hydrogen-bond acceptors (Lipinski definition) is 7. The lowest BCUT2D eigenvalue weighted by Crippen LogP contribution is -2.37. The van der Waals surface area contributed by atoms with Gasteiger partial charge in [0.2, 0.25) is 11.9 Å². The summed E-state index contributed by atoms with van der Waals surface area (Å²) in [6.45, 7) is 7.03. The molecule has 1 fully saturated rings. The Balaban J connectivity index is 1.57. The van der Waals surface area contributed by atoms with Crippen LogP contribution >= 0.6 is 11.8 Å². The van der Waals surface area contributed by atoms with Gasteiger partial charge < -0.3 is 15.0 Å². The van der Waals surface area contributed by atoms with E-state index in [1.54, 1.807) is 16.9 Å². The molecule has 0 atom stereocenters. The number of rotatable bonds is 6. The molecule has 0 unspecified atom stereocenters. The molecule has 3 heterocycles. The second-order valence-corrected chi connectivity index (χ2v) is 6.98. The Morgan fingerprint density at radius 2 is 2.12 bits per heavy atom. The summed E-state index contributed by atoms with van der Waals surface area (Å²) in [7, 11) is 1.92. The summed E-state index contributed by atoms with van der Waals surface area (Å²) in [5.74, 6) is 1.68. The molecule has 136 valence electrons. The van der Waals surface area contributed by atoms with Gasteiger partial charge in [0.1, 0.15) is 5.82 Å². The first-order chi connectivity index (χ1) is 12.1. The molecule has 1 saturated heterocycles. The summed E-state index contributed by atoms with van der Waals surface area (Å²) in [4.78, 5) is 14.4. The van der Waals surface area contributed by atoms with Gasteiger partial charge in [-0.15, -0.1) is 10.2 Å². The van der Waals surface area contributed by atoms with Crippen LogP contribution in [0.3, 0.4) is 0 Å². The fourth-order valence-electron chi connectivity index (χ4n) is 2.61. The van der Waals surface area contributed by atoms with E-state index in [-0.39, 0.29) is 17.7 Å². The van der Waals surface area contributed by atoms with E-state index in [4.69, 9.17) is 4.74 Å². The van der Waals surface area contributed by atoms with E-state index in [9.17, 15) is 4.79 Å². The van der Waals surface area contributed by atoms with Crippen molar-refractivity contribution < 1.29 is 9.53 Å². The number of aromatic nitrogens is 5. The largest absolute Gasteiger partial charge is 0.378 e. The maximum absolute atomic E-state index is 12.2. The van der Waals surface area contributed by atoms with Crippen LogP contribution in [-0.2, 0) is 16.6 Å². The Labute approximate surface area is 150 Å². The van der Waals surface area contributed by atoms with E-state index in [0.29, 0.717) is 24.2 Å². The van der Waals surface area contributed by atoms with Crippen LogP contribution in [0.4, 0.5) is 11.8 Å². The van der Waals surface area contributed by atoms with Crippen molar-refractivity contribution >= 4 is 29.4 Å². The highest BCUT2D eigenvalue weighted by molar-refractivity contribution is 7.99. The molecule has 25 heavy (non-hydrogen) atoms. The van der Waals surface area contributed by atoms with Crippen molar-refractivity contribution in [2.24, 2.45) is 7.05 Å². The molecule has 0 aliphatic carbocycles. The Kier molecular flexibility index (Phi) is 5.59. The molecular formula is C15H23N7O2S. The van der Waals surface area contributed by atoms with Gasteiger partial charge in [-0.05, 0) is 13.8 Å². The van der Waals surface area contributed by atoms with Crippen LogP contribution in [0.15, 0.2) is 17.4 Å². The van der Waals surface area contributed by atoms with Crippen molar-refractivity contribution in [3.63, 3.8) is 0 Å². The molecule has 9 nitrogen and oxygen atoms in total. The summed E-state index contributed by atoms with van der Waals surface area (Å²) in [5, 5.41) is 16.3. The van der Waals surface area contributed by atoms with Crippen molar-refractivity contribution in [1.29, 1.82) is 0 Å². The van der Waals surface area contributed by atoms with Crippen molar-refractivity contribution in [3.8, 4) is 0 Å². The number of hydrogen-bond donors (Lipinski definition) is 1. The highest BCUT2D eigenvalue weighted by atomic mass is 32.2. The topological polar surface area (TPSA) is 90.1 Å². The third-order valence-electron chi connectivity index (χ3n) is 3.87. The van der Waals surface area contributed by atoms with Gasteiger partial charge in [0.15, 0.2) is 5.16 Å². The number of morpholine rings is 1. The first-order valence-electron chi connectivity index (χ1n) is 8.24. The van der Waals surface area contributed by atoms with Crippen LogP contribution < -0.4 is 10.2 Å². The lowest BCUT2D eigenvalue weighted by atomic mass is 10.4. The number of amides is 1. The third kappa shape index (κ3) is 4.13. The third-order valence-corrected chi connectivity index (χ3v) is 4.89. The van der Waals surface area contributed by atoms with Crippen molar-refractivity contribution in [2.75, 3.05) is 42.3 Å². The van der Waals surface area contributed by atoms with Crippen LogP contribution in [0, 0.1) is 0 Å². The molecular weight excluding hydrogens is 342 g/mol. The minimum atomic E-state index is -0.0941. The molecule has 1 N–H and O–H groups in total. The molecule has 2 aromatic heterocycles. The highest BCUT2D eigenvalue weighted by Gasteiger charge is 2.19. The van der Waals surface area contributed by atoms with Gasteiger partial charge in [0.25, 0.3) is 0 Å². The molecule has 0 aromatic carbocycles. The van der Waals surface area contributed by atoms with Gasteiger partial charge in [-0.3, -0.25) is 9.36 Å². The maximum atomic E-state index is 12.2. The van der Waals surface area contributed by atoms with E-state index in [1.807, 2.05) is 25.5 Å². The maximum Gasteiger partial charge on any atom is 0.235 e. The van der Waals surface area contributed by atoms with Crippen LogP contribution in [0.5, 0.6) is 0 Å². The summed E-state index contributed by atoms with van der Waals surface area (Å²) in [5.41, 5.74) is 0. The number of carbonyl (C=O) groups excluding carboxylic acids is 1. The Morgan fingerprint density at radius 3 is 2.84 bits per heavy atom. The van der Waals surface area contributed by atoms with Gasteiger partial charge >= 0.3 is 0 Å². The number of nitrogens with zero attached hydrogens (tertiary/aromatic N) is 6. The van der Waals surface area contributed by atoms with E-state index >= 15 is 0 Å². The van der Waals surface area contributed by atoms with Crippen molar-refractivity contribution in [3.05, 3.63) is 12.3 Å². The number of nitrogens with one attached hydrogen (secondary N) is 1. The second kappa shape index (κ2) is 7.87. The molecule has 3 rings (SSSR count). The van der Waals surface area contributed by atoms with E-state index in [1.165, 1.54) is 11.8 Å². The zero-order valence-electron chi connectivity index (χ0n) is 14.7. The lowest BCUT2D eigenvalue weighted by Gasteiger charge is -2.27. The molecule has 1 amide bonds. The number of ether oxygens (including phenoxy) is 1. The summed E-state index contributed by atoms with van der Waals surface area (Å²) >= 11 is 1.37. The SMILES string of the molecule is CC(C)n1nccc1NC(=O)CSc1nnc(N2CCOCC2)n1C. The van der Waals surface area contributed by atoms with Crippen LogP contribution in [0.25, 0.3) is 0 Å². The number of carbonyl (C=O) groups is 1. The predicted octanol–water partition coefficient (Wildman–Crippen LogP) is 1.16. The molecule has 0 saturated carbocycles. The summed E-state index contributed by atoms with van der Waals surface area (Å²) in [6, 6.07) is 1.98. The Hall–Kier alpha value is -2.07. The smallest absolute Gasteiger partial charge is 0.235 e. The van der Waals surface area contributed by atoms with E-state index in [0.717, 1.165) is 19.0 Å². The molecule has 0 bridgehead atoms. The fourth-order valence-corrected chi connectivity index (χ4v) is 3.31. The monoisotopic (exact) mass is 365 g/mol. The number of anilines is 2. The Morgan fingerprint density at radius 1 is 1.36 bits per heavy atom. The fraction of sp³-hybridized carbons (Fsp3) is 0.600. The van der Waals surface area contributed by atoms with E-state index < -0.39 is 0 Å². The summed E-state index contributed by atoms with van der Waals surface area (Å²) in [6.07, 6.45) is 1.68. The van der Waals surface area contributed by atoms with Gasteiger partial charge in [0, 0.05) is 32.2 Å². The molecule has 0 radical (unpaired) electrons. The van der Waals surface area contributed by atoms with Crippen molar-refractivity contribution in [2.45, 2.75) is 25.0 Å². The highest BCUT2D eigenvalue weighted by Crippen LogP contribution is 2.21. The molecule has 2 aromatic rings. The number of thioether (sulfide) groups is 1.